The lowest BCUT2D eigenvalue weighted by Crippen LogP contribution is -2.02. The summed E-state index contributed by atoms with van der Waals surface area (Å²) >= 11 is 0. The van der Waals surface area contributed by atoms with Gasteiger partial charge in [-0.15, -0.1) is 0 Å². The molecular formula is C17H18N2O2. The van der Waals surface area contributed by atoms with Crippen LogP contribution in [-0.2, 0) is 6.54 Å². The number of rotatable bonds is 5. The Balaban J connectivity index is 2.11. The van der Waals surface area contributed by atoms with Crippen molar-refractivity contribution >= 4 is 5.69 Å². The van der Waals surface area contributed by atoms with E-state index in [4.69, 9.17) is 14.7 Å². The van der Waals surface area contributed by atoms with Crippen molar-refractivity contribution in [2.24, 2.45) is 0 Å². The van der Waals surface area contributed by atoms with Gasteiger partial charge in [0.1, 0.15) is 17.6 Å². The Kier molecular flexibility index (Phi) is 4.68. The van der Waals surface area contributed by atoms with Gasteiger partial charge in [0.25, 0.3) is 0 Å². The Labute approximate surface area is 124 Å². The Morgan fingerprint density at radius 3 is 2.52 bits per heavy atom. The van der Waals surface area contributed by atoms with E-state index in [1.165, 1.54) is 0 Å². The fourth-order valence-electron chi connectivity index (χ4n) is 2.11. The van der Waals surface area contributed by atoms with Crippen molar-refractivity contribution < 1.29 is 9.47 Å². The number of ether oxygens (including phenoxy) is 2. The average Bonchev–Trinajstić information content (AvgIpc) is 2.53. The van der Waals surface area contributed by atoms with E-state index in [-0.39, 0.29) is 0 Å². The minimum atomic E-state index is 0.545. The van der Waals surface area contributed by atoms with Crippen molar-refractivity contribution in [3.63, 3.8) is 0 Å². The van der Waals surface area contributed by atoms with Crippen molar-refractivity contribution in [3.05, 3.63) is 53.1 Å². The topological polar surface area (TPSA) is 54.3 Å². The van der Waals surface area contributed by atoms with Crippen LogP contribution in [0, 0.1) is 18.3 Å². The summed E-state index contributed by atoms with van der Waals surface area (Å²) in [7, 11) is 3.22. The van der Waals surface area contributed by atoms with Gasteiger partial charge < -0.3 is 14.8 Å². The smallest absolute Gasteiger partial charge is 0.136 e. The summed E-state index contributed by atoms with van der Waals surface area (Å²) in [5, 5.41) is 12.5. The lowest BCUT2D eigenvalue weighted by atomic mass is 10.1. The molecule has 0 fully saturated rings. The van der Waals surface area contributed by atoms with Crippen LogP contribution in [0.2, 0.25) is 0 Å². The monoisotopic (exact) mass is 282 g/mol. The number of benzene rings is 2. The first-order chi connectivity index (χ1) is 10.2. The predicted molar refractivity (Wildman–Crippen MR) is 82.8 cm³/mol. The summed E-state index contributed by atoms with van der Waals surface area (Å²) in [6, 6.07) is 13.6. The molecule has 0 aromatic heterocycles. The minimum Gasteiger partial charge on any atom is -0.497 e. The van der Waals surface area contributed by atoms with E-state index in [2.05, 4.69) is 11.4 Å². The van der Waals surface area contributed by atoms with Gasteiger partial charge in [0.15, 0.2) is 0 Å². The summed E-state index contributed by atoms with van der Waals surface area (Å²) in [6.45, 7) is 2.67. The van der Waals surface area contributed by atoms with E-state index in [1.807, 2.05) is 43.3 Å². The SMILES string of the molecule is COc1ccc(NCc2ccc(OC)c(C#N)c2)c(C)c1. The zero-order valence-electron chi connectivity index (χ0n) is 12.4. The Morgan fingerprint density at radius 2 is 1.90 bits per heavy atom. The molecule has 0 spiro atoms. The van der Waals surface area contributed by atoms with Crippen LogP contribution >= 0.6 is 0 Å². The molecule has 108 valence electrons. The van der Waals surface area contributed by atoms with Crippen molar-refractivity contribution in [1.29, 1.82) is 5.26 Å². The fourth-order valence-corrected chi connectivity index (χ4v) is 2.11. The second-order valence-corrected chi connectivity index (χ2v) is 4.68. The Morgan fingerprint density at radius 1 is 1.10 bits per heavy atom. The van der Waals surface area contributed by atoms with Gasteiger partial charge in [-0.1, -0.05) is 6.07 Å². The maximum atomic E-state index is 9.10. The standard InChI is InChI=1S/C17H18N2O2/c1-12-8-15(20-2)5-6-16(12)19-11-13-4-7-17(21-3)14(9-13)10-18/h4-9,19H,11H2,1-3H3. The van der Waals surface area contributed by atoms with Crippen LogP contribution in [0.15, 0.2) is 36.4 Å². The molecule has 0 atom stereocenters. The normalized spacial score (nSPS) is 9.81. The Bertz CT molecular complexity index is 675. The number of nitrogens with zero attached hydrogens (tertiary/aromatic N) is 1. The predicted octanol–water partition coefficient (Wildman–Crippen LogP) is 3.50. The molecule has 0 aliphatic carbocycles. The first-order valence-electron chi connectivity index (χ1n) is 6.63. The second-order valence-electron chi connectivity index (χ2n) is 4.68. The van der Waals surface area contributed by atoms with Gasteiger partial charge >= 0.3 is 0 Å². The molecule has 0 aliphatic rings. The molecule has 0 unspecified atom stereocenters. The highest BCUT2D eigenvalue weighted by molar-refractivity contribution is 5.54. The molecule has 4 heteroatoms. The number of nitriles is 1. The van der Waals surface area contributed by atoms with Gasteiger partial charge in [-0.2, -0.15) is 5.26 Å². The average molecular weight is 282 g/mol. The van der Waals surface area contributed by atoms with Crippen molar-refractivity contribution in [1.82, 2.24) is 0 Å². The third kappa shape index (κ3) is 3.46. The maximum Gasteiger partial charge on any atom is 0.136 e. The molecule has 0 heterocycles. The highest BCUT2D eigenvalue weighted by atomic mass is 16.5. The molecule has 21 heavy (non-hydrogen) atoms. The quantitative estimate of drug-likeness (QED) is 0.912. The maximum absolute atomic E-state index is 9.10. The van der Waals surface area contributed by atoms with Crippen molar-refractivity contribution in [2.45, 2.75) is 13.5 Å². The van der Waals surface area contributed by atoms with E-state index < -0.39 is 0 Å². The van der Waals surface area contributed by atoms with Gasteiger partial charge in [-0.05, 0) is 48.4 Å². The van der Waals surface area contributed by atoms with Crippen LogP contribution in [0.5, 0.6) is 11.5 Å². The molecular weight excluding hydrogens is 264 g/mol. The molecule has 2 rings (SSSR count). The lowest BCUT2D eigenvalue weighted by molar-refractivity contribution is 0.413. The van der Waals surface area contributed by atoms with E-state index in [1.54, 1.807) is 14.2 Å². The Hall–Kier alpha value is -2.67. The van der Waals surface area contributed by atoms with Crippen LogP contribution < -0.4 is 14.8 Å². The molecule has 0 amide bonds. The molecule has 0 saturated carbocycles. The van der Waals surface area contributed by atoms with Crippen LogP contribution in [0.4, 0.5) is 5.69 Å². The molecule has 4 nitrogen and oxygen atoms in total. The summed E-state index contributed by atoms with van der Waals surface area (Å²) in [5.74, 6) is 1.44. The first kappa shape index (κ1) is 14.7. The number of hydrogen-bond acceptors (Lipinski definition) is 4. The number of methoxy groups -OCH3 is 2. The largest absolute Gasteiger partial charge is 0.497 e. The van der Waals surface area contributed by atoms with Crippen LogP contribution in [0.3, 0.4) is 0 Å². The molecule has 2 aromatic carbocycles. The van der Waals surface area contributed by atoms with Gasteiger partial charge in [0, 0.05) is 12.2 Å². The third-order valence-corrected chi connectivity index (χ3v) is 3.30. The molecule has 1 N–H and O–H groups in total. The lowest BCUT2D eigenvalue weighted by Gasteiger charge is -2.12. The first-order valence-corrected chi connectivity index (χ1v) is 6.63. The van der Waals surface area contributed by atoms with Gasteiger partial charge in [0.05, 0.1) is 19.8 Å². The summed E-state index contributed by atoms with van der Waals surface area (Å²) < 4.78 is 10.3. The molecule has 0 aliphatic heterocycles. The molecule has 0 saturated heterocycles. The van der Waals surface area contributed by atoms with Gasteiger partial charge in [0.2, 0.25) is 0 Å². The third-order valence-electron chi connectivity index (χ3n) is 3.30. The van der Waals surface area contributed by atoms with Crippen molar-refractivity contribution in [2.75, 3.05) is 19.5 Å². The van der Waals surface area contributed by atoms with Gasteiger partial charge in [-0.25, -0.2) is 0 Å². The van der Waals surface area contributed by atoms with Crippen LogP contribution in [-0.4, -0.2) is 14.2 Å². The zero-order chi connectivity index (χ0) is 15.2. The number of aryl methyl sites for hydroxylation is 1. The second kappa shape index (κ2) is 6.67. The van der Waals surface area contributed by atoms with Crippen molar-refractivity contribution in [3.8, 4) is 17.6 Å². The summed E-state index contributed by atoms with van der Waals surface area (Å²) in [4.78, 5) is 0. The van der Waals surface area contributed by atoms with E-state index in [0.29, 0.717) is 17.9 Å². The minimum absolute atomic E-state index is 0.545. The highest BCUT2D eigenvalue weighted by Gasteiger charge is 2.05. The number of nitrogens with one attached hydrogen (secondary N) is 1. The highest BCUT2D eigenvalue weighted by Crippen LogP contribution is 2.23. The fraction of sp³-hybridized carbons (Fsp3) is 0.235. The van der Waals surface area contributed by atoms with E-state index in [0.717, 1.165) is 22.6 Å². The molecule has 2 aromatic rings. The summed E-state index contributed by atoms with van der Waals surface area (Å²) in [5.41, 5.74) is 3.74. The van der Waals surface area contributed by atoms with Gasteiger partial charge in [-0.3, -0.25) is 0 Å². The number of hydrogen-bond donors (Lipinski definition) is 1. The summed E-state index contributed by atoms with van der Waals surface area (Å²) in [6.07, 6.45) is 0. The van der Waals surface area contributed by atoms with Crippen LogP contribution in [0.1, 0.15) is 16.7 Å². The number of anilines is 1. The van der Waals surface area contributed by atoms with E-state index >= 15 is 0 Å². The van der Waals surface area contributed by atoms with Crippen LogP contribution in [0.25, 0.3) is 0 Å². The van der Waals surface area contributed by atoms with E-state index in [9.17, 15) is 0 Å². The molecule has 0 radical (unpaired) electrons. The molecule has 0 bridgehead atoms. The zero-order valence-corrected chi connectivity index (χ0v) is 12.4.